The molecule has 1 heterocycles. The fraction of sp³-hybridized carbons (Fsp3) is 0.417. The lowest BCUT2D eigenvalue weighted by atomic mass is 10.1. The molecule has 1 unspecified atom stereocenters. The normalized spacial score (nSPS) is 20.4. The summed E-state index contributed by atoms with van der Waals surface area (Å²) in [6.07, 6.45) is 2.47. The van der Waals surface area contributed by atoms with E-state index in [1.807, 2.05) is 0 Å². The summed E-state index contributed by atoms with van der Waals surface area (Å²) in [5.41, 5.74) is 0.596. The maximum Gasteiger partial charge on any atom is 0.253 e. The molecule has 2 N–H and O–H groups in total. The van der Waals surface area contributed by atoms with Gasteiger partial charge in [0.2, 0.25) is 0 Å². The number of carbonyl (C=O) groups excluding carboxylic acids is 1. The van der Waals surface area contributed by atoms with Gasteiger partial charge in [0.15, 0.2) is 0 Å². The zero-order chi connectivity index (χ0) is 11.4. The van der Waals surface area contributed by atoms with Crippen LogP contribution in [0.25, 0.3) is 0 Å². The minimum Gasteiger partial charge on any atom is -0.508 e. The van der Waals surface area contributed by atoms with E-state index < -0.39 is 0 Å². The number of aromatic hydroxyl groups is 1. The van der Waals surface area contributed by atoms with Crippen LogP contribution in [0.3, 0.4) is 0 Å². The average Bonchev–Trinajstić information content (AvgIpc) is 2.30. The summed E-state index contributed by atoms with van der Waals surface area (Å²) in [7, 11) is 0. The van der Waals surface area contributed by atoms with E-state index in [1.165, 1.54) is 6.07 Å². The van der Waals surface area contributed by atoms with Gasteiger partial charge in [-0.05, 0) is 31.4 Å². The van der Waals surface area contributed by atoms with Gasteiger partial charge in [0.1, 0.15) is 11.9 Å². The molecular formula is C12H15NO3. The Morgan fingerprint density at radius 3 is 3.00 bits per heavy atom. The zero-order valence-electron chi connectivity index (χ0n) is 8.98. The molecule has 1 aromatic carbocycles. The van der Waals surface area contributed by atoms with Crippen LogP contribution in [0.5, 0.6) is 5.75 Å². The first-order valence-electron chi connectivity index (χ1n) is 5.47. The van der Waals surface area contributed by atoms with Crippen molar-refractivity contribution in [3.05, 3.63) is 24.3 Å². The Bertz CT molecular complexity index is 372. The summed E-state index contributed by atoms with van der Waals surface area (Å²) < 4.78 is 5.37. The van der Waals surface area contributed by atoms with Crippen molar-refractivity contribution in [1.29, 1.82) is 0 Å². The van der Waals surface area contributed by atoms with E-state index in [4.69, 9.17) is 4.74 Å². The minimum absolute atomic E-state index is 0.134. The number of amides is 1. The lowest BCUT2D eigenvalue weighted by Crippen LogP contribution is -2.33. The predicted octanol–water partition coefficient (Wildman–Crippen LogP) is 1.90. The maximum atomic E-state index is 11.8. The number of benzene rings is 1. The monoisotopic (exact) mass is 221 g/mol. The highest BCUT2D eigenvalue weighted by molar-refractivity contribution is 5.94. The Hall–Kier alpha value is -1.55. The number of phenolic OH excluding ortho intramolecular Hbond substituents is 1. The van der Waals surface area contributed by atoms with Gasteiger partial charge in [-0.1, -0.05) is 6.07 Å². The Labute approximate surface area is 94.2 Å². The Morgan fingerprint density at radius 1 is 1.44 bits per heavy atom. The molecule has 1 atom stereocenters. The summed E-state index contributed by atoms with van der Waals surface area (Å²) in [5, 5.41) is 12.0. The average molecular weight is 221 g/mol. The Balaban J connectivity index is 1.96. The van der Waals surface area contributed by atoms with E-state index in [0.717, 1.165) is 19.3 Å². The standard InChI is InChI=1S/C12H15NO3/c14-10-5-3-4-9(8-10)13-12(15)11-6-1-2-7-16-11/h3-5,8,11,14H,1-2,6-7H2,(H,13,15). The van der Waals surface area contributed by atoms with Gasteiger partial charge in [0.05, 0.1) is 0 Å². The molecule has 1 aromatic rings. The Kier molecular flexibility index (Phi) is 3.41. The highest BCUT2D eigenvalue weighted by Gasteiger charge is 2.21. The number of ether oxygens (including phenoxy) is 1. The second kappa shape index (κ2) is 4.99. The largest absolute Gasteiger partial charge is 0.508 e. The molecule has 1 aliphatic heterocycles. The molecule has 16 heavy (non-hydrogen) atoms. The molecule has 0 spiro atoms. The molecule has 1 aliphatic rings. The Morgan fingerprint density at radius 2 is 2.31 bits per heavy atom. The molecule has 86 valence electrons. The fourth-order valence-electron chi connectivity index (χ4n) is 1.75. The molecule has 2 rings (SSSR count). The molecule has 0 radical (unpaired) electrons. The summed E-state index contributed by atoms with van der Waals surface area (Å²) in [6, 6.07) is 6.50. The highest BCUT2D eigenvalue weighted by Crippen LogP contribution is 2.18. The molecule has 0 aliphatic carbocycles. The number of rotatable bonds is 2. The van der Waals surface area contributed by atoms with Crippen molar-refractivity contribution in [2.75, 3.05) is 11.9 Å². The molecule has 4 nitrogen and oxygen atoms in total. The van der Waals surface area contributed by atoms with E-state index in [9.17, 15) is 9.90 Å². The number of carbonyl (C=O) groups is 1. The van der Waals surface area contributed by atoms with Crippen molar-refractivity contribution in [2.45, 2.75) is 25.4 Å². The first-order valence-corrected chi connectivity index (χ1v) is 5.47. The van der Waals surface area contributed by atoms with E-state index in [2.05, 4.69) is 5.32 Å². The molecule has 1 saturated heterocycles. The third-order valence-electron chi connectivity index (χ3n) is 2.59. The van der Waals surface area contributed by atoms with Gasteiger partial charge < -0.3 is 15.2 Å². The number of anilines is 1. The van der Waals surface area contributed by atoms with Gasteiger partial charge in [-0.15, -0.1) is 0 Å². The van der Waals surface area contributed by atoms with Crippen LogP contribution in [0.1, 0.15) is 19.3 Å². The van der Waals surface area contributed by atoms with E-state index >= 15 is 0 Å². The summed E-state index contributed by atoms with van der Waals surface area (Å²) >= 11 is 0. The number of phenols is 1. The fourth-order valence-corrected chi connectivity index (χ4v) is 1.75. The quantitative estimate of drug-likeness (QED) is 0.801. The van der Waals surface area contributed by atoms with Crippen molar-refractivity contribution in [3.63, 3.8) is 0 Å². The topological polar surface area (TPSA) is 58.6 Å². The van der Waals surface area contributed by atoms with Gasteiger partial charge in [-0.3, -0.25) is 4.79 Å². The summed E-state index contributed by atoms with van der Waals surface area (Å²) in [6.45, 7) is 0.651. The number of hydrogen-bond donors (Lipinski definition) is 2. The summed E-state index contributed by atoms with van der Waals surface area (Å²) in [4.78, 5) is 11.8. The molecule has 1 amide bonds. The van der Waals surface area contributed by atoms with Crippen LogP contribution in [0.15, 0.2) is 24.3 Å². The van der Waals surface area contributed by atoms with Gasteiger partial charge in [0, 0.05) is 18.4 Å². The SMILES string of the molecule is O=C(Nc1cccc(O)c1)C1CCCCO1. The second-order valence-electron chi connectivity index (χ2n) is 3.89. The van der Waals surface area contributed by atoms with Crippen LogP contribution in [-0.4, -0.2) is 23.7 Å². The maximum absolute atomic E-state index is 11.8. The van der Waals surface area contributed by atoms with Crippen molar-refractivity contribution in [3.8, 4) is 5.75 Å². The first-order chi connectivity index (χ1) is 7.75. The van der Waals surface area contributed by atoms with Gasteiger partial charge in [-0.2, -0.15) is 0 Å². The van der Waals surface area contributed by atoms with Gasteiger partial charge in [-0.25, -0.2) is 0 Å². The van der Waals surface area contributed by atoms with Crippen LogP contribution < -0.4 is 5.32 Å². The lowest BCUT2D eigenvalue weighted by Gasteiger charge is -2.21. The lowest BCUT2D eigenvalue weighted by molar-refractivity contribution is -0.129. The molecule has 4 heteroatoms. The second-order valence-corrected chi connectivity index (χ2v) is 3.89. The number of hydrogen-bond acceptors (Lipinski definition) is 3. The molecule has 1 fully saturated rings. The third kappa shape index (κ3) is 2.73. The van der Waals surface area contributed by atoms with Gasteiger partial charge in [0.25, 0.3) is 5.91 Å². The minimum atomic E-state index is -0.351. The van der Waals surface area contributed by atoms with E-state index in [1.54, 1.807) is 18.2 Å². The van der Waals surface area contributed by atoms with Crippen LogP contribution in [0, 0.1) is 0 Å². The van der Waals surface area contributed by atoms with Crippen molar-refractivity contribution < 1.29 is 14.6 Å². The molecule has 0 saturated carbocycles. The van der Waals surface area contributed by atoms with Gasteiger partial charge >= 0.3 is 0 Å². The van der Waals surface area contributed by atoms with Crippen LogP contribution in [0.4, 0.5) is 5.69 Å². The molecule has 0 bridgehead atoms. The molecule has 0 aromatic heterocycles. The number of nitrogens with one attached hydrogen (secondary N) is 1. The predicted molar refractivity (Wildman–Crippen MR) is 60.3 cm³/mol. The van der Waals surface area contributed by atoms with Crippen LogP contribution in [0.2, 0.25) is 0 Å². The van der Waals surface area contributed by atoms with Crippen molar-refractivity contribution >= 4 is 11.6 Å². The zero-order valence-corrected chi connectivity index (χ0v) is 8.98. The van der Waals surface area contributed by atoms with Crippen LogP contribution in [-0.2, 0) is 9.53 Å². The highest BCUT2D eigenvalue weighted by atomic mass is 16.5. The van der Waals surface area contributed by atoms with E-state index in [0.29, 0.717) is 12.3 Å². The summed E-state index contributed by atoms with van der Waals surface area (Å²) in [5.74, 6) is 0.00709. The van der Waals surface area contributed by atoms with Crippen LogP contribution >= 0.6 is 0 Å². The smallest absolute Gasteiger partial charge is 0.253 e. The van der Waals surface area contributed by atoms with Crippen molar-refractivity contribution in [1.82, 2.24) is 0 Å². The van der Waals surface area contributed by atoms with Crippen molar-refractivity contribution in [2.24, 2.45) is 0 Å². The first kappa shape index (κ1) is 11.0. The molecular weight excluding hydrogens is 206 g/mol. The third-order valence-corrected chi connectivity index (χ3v) is 2.59. The van der Waals surface area contributed by atoms with E-state index in [-0.39, 0.29) is 17.8 Å².